The number of nitrogens with two attached hydrogens (primary N) is 2. The molecule has 0 aromatic carbocycles. The van der Waals surface area contributed by atoms with Crippen molar-refractivity contribution in [2.24, 2.45) is 16.9 Å². The Morgan fingerprint density at radius 3 is 1.95 bits per heavy atom. The van der Waals surface area contributed by atoms with Crippen molar-refractivity contribution in [1.29, 1.82) is 0 Å². The minimum Gasteiger partial charge on any atom is -0.477 e. The summed E-state index contributed by atoms with van der Waals surface area (Å²) in [5.74, 6) is 0.376. The molecule has 2 fully saturated rings. The van der Waals surface area contributed by atoms with Crippen molar-refractivity contribution in [2.45, 2.75) is 70.3 Å². The maximum absolute atomic E-state index is 10.8. The van der Waals surface area contributed by atoms with Gasteiger partial charge < -0.3 is 16.6 Å². The van der Waals surface area contributed by atoms with Crippen molar-refractivity contribution < 1.29 is 14.7 Å². The largest absolute Gasteiger partial charge is 0.477 e. The van der Waals surface area contributed by atoms with Gasteiger partial charge in [-0.15, -0.1) is 0 Å². The quantitative estimate of drug-likeness (QED) is 0.545. The highest BCUT2D eigenvalue weighted by atomic mass is 16.4. The molecule has 0 aromatic rings. The summed E-state index contributed by atoms with van der Waals surface area (Å²) in [6.45, 7) is 0.226. The van der Waals surface area contributed by atoms with Gasteiger partial charge in [0.15, 0.2) is 0 Å². The third-order valence-corrected chi connectivity index (χ3v) is 4.70. The lowest BCUT2D eigenvalue weighted by Crippen LogP contribution is -2.37. The van der Waals surface area contributed by atoms with E-state index >= 15 is 0 Å². The molecule has 2 aliphatic carbocycles. The first kappa shape index (κ1) is 17.9. The van der Waals surface area contributed by atoms with Gasteiger partial charge in [-0.2, -0.15) is 0 Å². The Kier molecular flexibility index (Phi) is 7.65. The number of hydrogen-bond acceptors (Lipinski definition) is 4. The molecule has 0 spiro atoms. The van der Waals surface area contributed by atoms with Crippen LogP contribution >= 0.6 is 0 Å². The Morgan fingerprint density at radius 2 is 1.62 bits per heavy atom. The molecular formula is C16H28N2O3. The molecule has 0 saturated heterocycles. The van der Waals surface area contributed by atoms with Crippen molar-refractivity contribution in [3.05, 3.63) is 5.57 Å². The van der Waals surface area contributed by atoms with Crippen LogP contribution in [0.25, 0.3) is 0 Å². The summed E-state index contributed by atoms with van der Waals surface area (Å²) >= 11 is 0. The predicted octanol–water partition coefficient (Wildman–Crippen LogP) is 2.02. The molecule has 0 bridgehead atoms. The number of aliphatic carboxylic acids is 1. The first-order valence-corrected chi connectivity index (χ1v) is 8.00. The van der Waals surface area contributed by atoms with Gasteiger partial charge in [0.1, 0.15) is 11.5 Å². The average Bonchev–Trinajstić information content (AvgIpc) is 2.50. The van der Waals surface area contributed by atoms with Crippen molar-refractivity contribution in [3.8, 4) is 0 Å². The van der Waals surface area contributed by atoms with Crippen LogP contribution in [0.5, 0.6) is 0 Å². The van der Waals surface area contributed by atoms with Gasteiger partial charge in [-0.25, -0.2) is 9.59 Å². The molecule has 0 aromatic heterocycles. The van der Waals surface area contributed by atoms with Gasteiger partial charge in [0.05, 0.1) is 0 Å². The van der Waals surface area contributed by atoms with E-state index in [4.69, 9.17) is 16.6 Å². The van der Waals surface area contributed by atoms with Gasteiger partial charge in [-0.05, 0) is 25.7 Å². The fourth-order valence-electron chi connectivity index (χ4n) is 3.30. The van der Waals surface area contributed by atoms with Gasteiger partial charge in [-0.3, -0.25) is 0 Å². The molecule has 5 nitrogen and oxygen atoms in total. The monoisotopic (exact) mass is 296 g/mol. The van der Waals surface area contributed by atoms with E-state index in [-0.39, 0.29) is 12.1 Å². The molecule has 0 amide bonds. The Balaban J connectivity index is 0.000000262. The van der Waals surface area contributed by atoms with Crippen molar-refractivity contribution in [3.63, 3.8) is 0 Å². The van der Waals surface area contributed by atoms with Crippen molar-refractivity contribution in [1.82, 2.24) is 0 Å². The van der Waals surface area contributed by atoms with E-state index in [0.717, 1.165) is 19.3 Å². The fraction of sp³-hybridized carbons (Fsp3) is 0.812. The smallest absolute Gasteiger partial charge is 0.343 e. The van der Waals surface area contributed by atoms with Gasteiger partial charge in [0.2, 0.25) is 0 Å². The van der Waals surface area contributed by atoms with E-state index in [2.05, 4.69) is 0 Å². The number of hydrogen-bond donors (Lipinski definition) is 3. The molecule has 2 aliphatic rings. The van der Waals surface area contributed by atoms with Crippen LogP contribution in [0, 0.1) is 5.41 Å². The minimum absolute atomic E-state index is 0.167. The van der Waals surface area contributed by atoms with E-state index < -0.39 is 11.4 Å². The Bertz CT molecular complexity index is 377. The SMILES string of the molecule is NC1CCCCC1.NCC1(C(=C=O)C(=O)O)CCCCC1. The summed E-state index contributed by atoms with van der Waals surface area (Å²) in [4.78, 5) is 21.5. The van der Waals surface area contributed by atoms with E-state index in [1.54, 1.807) is 5.94 Å². The lowest BCUT2D eigenvalue weighted by Gasteiger charge is -2.34. The summed E-state index contributed by atoms with van der Waals surface area (Å²) in [5, 5.41) is 8.87. The second-order valence-corrected chi connectivity index (χ2v) is 6.23. The van der Waals surface area contributed by atoms with Gasteiger partial charge in [0, 0.05) is 18.0 Å². The van der Waals surface area contributed by atoms with Crippen LogP contribution in [0.1, 0.15) is 64.2 Å². The molecular weight excluding hydrogens is 268 g/mol. The van der Waals surface area contributed by atoms with Crippen LogP contribution in [0.2, 0.25) is 0 Å². The lowest BCUT2D eigenvalue weighted by molar-refractivity contribution is -0.134. The van der Waals surface area contributed by atoms with E-state index in [1.807, 2.05) is 0 Å². The molecule has 5 N–H and O–H groups in total. The Morgan fingerprint density at radius 1 is 1.10 bits per heavy atom. The highest BCUT2D eigenvalue weighted by molar-refractivity contribution is 5.97. The van der Waals surface area contributed by atoms with Crippen molar-refractivity contribution >= 4 is 11.9 Å². The van der Waals surface area contributed by atoms with Gasteiger partial charge >= 0.3 is 5.97 Å². The zero-order chi connectivity index (χ0) is 15.7. The molecule has 5 heteroatoms. The van der Waals surface area contributed by atoms with E-state index in [1.165, 1.54) is 32.1 Å². The maximum atomic E-state index is 10.8. The van der Waals surface area contributed by atoms with Crippen LogP contribution < -0.4 is 11.5 Å². The molecule has 21 heavy (non-hydrogen) atoms. The zero-order valence-corrected chi connectivity index (χ0v) is 12.8. The summed E-state index contributed by atoms with van der Waals surface area (Å²) in [7, 11) is 0. The summed E-state index contributed by atoms with van der Waals surface area (Å²) in [6, 6.07) is 0.536. The first-order valence-electron chi connectivity index (χ1n) is 8.00. The highest BCUT2D eigenvalue weighted by Gasteiger charge is 2.39. The van der Waals surface area contributed by atoms with Crippen LogP contribution in [-0.4, -0.2) is 29.6 Å². The minimum atomic E-state index is -1.17. The normalized spacial score (nSPS) is 21.6. The lowest BCUT2D eigenvalue weighted by atomic mass is 9.69. The summed E-state index contributed by atoms with van der Waals surface area (Å²) in [6.07, 6.45) is 11.0. The maximum Gasteiger partial charge on any atom is 0.343 e. The molecule has 0 radical (unpaired) electrons. The molecule has 0 heterocycles. The molecule has 2 saturated carbocycles. The molecule has 0 atom stereocenters. The fourth-order valence-corrected chi connectivity index (χ4v) is 3.30. The molecule has 0 unspecified atom stereocenters. The standard InChI is InChI=1S/C10H15NO3.C6H13N/c11-7-10(4-2-1-3-5-10)8(6-12)9(13)14;7-6-4-2-1-3-5-6/h1-5,7,11H2,(H,13,14);6H,1-5,7H2. The predicted molar refractivity (Wildman–Crippen MR) is 82.5 cm³/mol. The van der Waals surface area contributed by atoms with Gasteiger partial charge in [0.25, 0.3) is 0 Å². The molecule has 0 aliphatic heterocycles. The van der Waals surface area contributed by atoms with E-state index in [0.29, 0.717) is 18.9 Å². The van der Waals surface area contributed by atoms with Crippen molar-refractivity contribution in [2.75, 3.05) is 6.54 Å². The van der Waals surface area contributed by atoms with Crippen LogP contribution in [0.4, 0.5) is 0 Å². The van der Waals surface area contributed by atoms with Crippen LogP contribution in [0.15, 0.2) is 5.57 Å². The number of carboxylic acids is 1. The van der Waals surface area contributed by atoms with Crippen LogP contribution in [0.3, 0.4) is 0 Å². The third kappa shape index (κ3) is 5.27. The summed E-state index contributed by atoms with van der Waals surface area (Å²) in [5.41, 5.74) is 10.4. The summed E-state index contributed by atoms with van der Waals surface area (Å²) < 4.78 is 0. The second-order valence-electron chi connectivity index (χ2n) is 6.23. The number of rotatable bonds is 3. The zero-order valence-electron chi connectivity index (χ0n) is 12.8. The molecule has 120 valence electrons. The highest BCUT2D eigenvalue weighted by Crippen LogP contribution is 2.40. The molecule has 2 rings (SSSR count). The third-order valence-electron chi connectivity index (χ3n) is 4.70. The second kappa shape index (κ2) is 8.98. The number of carbonyl (C=O) groups is 1. The van der Waals surface area contributed by atoms with Crippen LogP contribution in [-0.2, 0) is 9.59 Å². The first-order chi connectivity index (χ1) is 10.1. The van der Waals surface area contributed by atoms with E-state index in [9.17, 15) is 9.59 Å². The Hall–Kier alpha value is -1.16. The average molecular weight is 296 g/mol. The van der Waals surface area contributed by atoms with Gasteiger partial charge in [-0.1, -0.05) is 38.5 Å². The number of carboxylic acid groups (broad SMARTS) is 1. The topological polar surface area (TPSA) is 106 Å². The Labute approximate surface area is 126 Å². The number of carbonyl (C=O) groups excluding carboxylic acids is 1.